The summed E-state index contributed by atoms with van der Waals surface area (Å²) in [7, 11) is -3.06. The molecule has 2 aliphatic heterocycles. The van der Waals surface area contributed by atoms with Crippen molar-refractivity contribution in [3.63, 3.8) is 0 Å². The van der Waals surface area contributed by atoms with Gasteiger partial charge in [0, 0.05) is 25.6 Å². The van der Waals surface area contributed by atoms with E-state index in [2.05, 4.69) is 11.4 Å². The molecule has 43 heavy (non-hydrogen) atoms. The molecule has 2 aromatic carbocycles. The number of piperidine rings is 2. The number of carbonyl (C=O) groups excluding carboxylic acids is 2. The average molecular weight is 613 g/mol. The Morgan fingerprint density at radius 2 is 1.77 bits per heavy atom. The summed E-state index contributed by atoms with van der Waals surface area (Å²) in [6, 6.07) is 11.9. The number of hydrogen-bond acceptors (Lipinski definition) is 7. The van der Waals surface area contributed by atoms with Gasteiger partial charge in [0.15, 0.2) is 0 Å². The standard InChI is InChI=1S/C32H41FN4O5S/c1-32(2,3)42-31(39)37-26-12-9-24(18-26)29(37)30(38)35-25(20-34)17-23-8-7-22(19-28(23)33)21-10-13-27(14-11-21)43(40,41)36-15-5-4-6-16-36/h7-8,10-11,13-14,19,24-26,29,40-41H,4-6,9,12,15-18H2,1-3H3,(H,35,38). The maximum Gasteiger partial charge on any atom is 0.411 e. The van der Waals surface area contributed by atoms with Crippen LogP contribution in [0.1, 0.15) is 64.9 Å². The molecule has 2 aromatic rings. The number of hydrogen-bond donors (Lipinski definition) is 3. The van der Waals surface area contributed by atoms with Crippen LogP contribution in [0.4, 0.5) is 9.18 Å². The topological polar surface area (TPSA) is 126 Å². The molecule has 11 heteroatoms. The predicted molar refractivity (Wildman–Crippen MR) is 163 cm³/mol. The number of nitrogens with one attached hydrogen (secondary N) is 1. The molecule has 0 radical (unpaired) electrons. The normalized spacial score (nSPS) is 23.5. The third-order valence-electron chi connectivity index (χ3n) is 8.59. The fourth-order valence-corrected chi connectivity index (χ4v) is 8.07. The zero-order valence-corrected chi connectivity index (χ0v) is 25.8. The van der Waals surface area contributed by atoms with Gasteiger partial charge in [-0.15, -0.1) is 10.8 Å². The zero-order chi connectivity index (χ0) is 30.9. The predicted octanol–water partition coefficient (Wildman–Crippen LogP) is 6.34. The quantitative estimate of drug-likeness (QED) is 0.333. The Morgan fingerprint density at radius 1 is 1.09 bits per heavy atom. The monoisotopic (exact) mass is 612 g/mol. The van der Waals surface area contributed by atoms with Crippen LogP contribution >= 0.6 is 10.8 Å². The third kappa shape index (κ3) is 6.83. The molecular formula is C32H41FN4O5S. The molecule has 2 bridgehead atoms. The van der Waals surface area contributed by atoms with E-state index in [1.807, 2.05) is 0 Å². The van der Waals surface area contributed by atoms with Crippen LogP contribution in [0.5, 0.6) is 0 Å². The lowest BCUT2D eigenvalue weighted by Gasteiger charge is -2.44. The first-order valence-corrected chi connectivity index (χ1v) is 16.5. The van der Waals surface area contributed by atoms with E-state index < -0.39 is 46.3 Å². The molecule has 3 aliphatic rings. The number of likely N-dealkylation sites (tertiary alicyclic amines) is 1. The summed E-state index contributed by atoms with van der Waals surface area (Å²) in [5, 5.41) is 12.6. The Hall–Kier alpha value is -3.17. The van der Waals surface area contributed by atoms with Gasteiger partial charge in [-0.2, -0.15) is 5.26 Å². The summed E-state index contributed by atoms with van der Waals surface area (Å²) < 4.78 is 44.2. The lowest BCUT2D eigenvalue weighted by atomic mass is 9.97. The van der Waals surface area contributed by atoms with Gasteiger partial charge in [0.2, 0.25) is 5.91 Å². The lowest BCUT2D eigenvalue weighted by molar-refractivity contribution is -0.128. The van der Waals surface area contributed by atoms with E-state index in [4.69, 9.17) is 4.74 Å². The first kappa shape index (κ1) is 31.3. The van der Waals surface area contributed by atoms with Crippen molar-refractivity contribution in [3.05, 3.63) is 53.8 Å². The highest BCUT2D eigenvalue weighted by Gasteiger charge is 2.52. The number of amides is 2. The Bertz CT molecular complexity index is 1380. The van der Waals surface area contributed by atoms with Crippen LogP contribution < -0.4 is 5.32 Å². The van der Waals surface area contributed by atoms with E-state index in [0.717, 1.165) is 38.5 Å². The Balaban J connectivity index is 1.24. The van der Waals surface area contributed by atoms with Gasteiger partial charge in [0.1, 0.15) is 23.5 Å². The molecule has 2 amide bonds. The molecule has 0 spiro atoms. The zero-order valence-electron chi connectivity index (χ0n) is 25.0. The van der Waals surface area contributed by atoms with Crippen molar-refractivity contribution in [1.29, 1.82) is 5.26 Å². The van der Waals surface area contributed by atoms with Gasteiger partial charge in [-0.3, -0.25) is 18.8 Å². The average Bonchev–Trinajstić information content (AvgIpc) is 3.60. The number of nitriles is 1. The fourth-order valence-electron chi connectivity index (χ4n) is 6.50. The summed E-state index contributed by atoms with van der Waals surface area (Å²) >= 11 is 0. The minimum absolute atomic E-state index is 0.00236. The summed E-state index contributed by atoms with van der Waals surface area (Å²) in [6.45, 7) is 6.62. The highest BCUT2D eigenvalue weighted by molar-refractivity contribution is 8.22. The SMILES string of the molecule is CC(C)(C)OC(=O)N1C2CCC(C2)C1C(=O)NC(C#N)Cc1ccc(-c2ccc(S(O)(O)N3CCCCC3)cc2)cc1F. The molecule has 0 aromatic heterocycles. The van der Waals surface area contributed by atoms with Gasteiger partial charge in [0.25, 0.3) is 0 Å². The van der Waals surface area contributed by atoms with Crippen LogP contribution in [0.3, 0.4) is 0 Å². The minimum Gasteiger partial charge on any atom is -0.444 e. The Kier molecular flexibility index (Phi) is 9.05. The van der Waals surface area contributed by atoms with Crippen molar-refractivity contribution < 1.29 is 27.8 Å². The van der Waals surface area contributed by atoms with E-state index >= 15 is 4.39 Å². The number of benzene rings is 2. The molecule has 9 nitrogen and oxygen atoms in total. The van der Waals surface area contributed by atoms with Gasteiger partial charge in [-0.05, 0) is 93.7 Å². The van der Waals surface area contributed by atoms with E-state index in [1.54, 1.807) is 61.5 Å². The Labute approximate surface area is 254 Å². The summed E-state index contributed by atoms with van der Waals surface area (Å²) in [5.74, 6) is -0.927. The van der Waals surface area contributed by atoms with Crippen molar-refractivity contribution in [3.8, 4) is 17.2 Å². The van der Waals surface area contributed by atoms with Crippen molar-refractivity contribution in [2.24, 2.45) is 5.92 Å². The number of fused-ring (bicyclic) bond motifs is 2. The van der Waals surface area contributed by atoms with Gasteiger partial charge >= 0.3 is 6.09 Å². The molecule has 4 atom stereocenters. The number of ether oxygens (including phenoxy) is 1. The first-order valence-electron chi connectivity index (χ1n) is 15.0. The molecule has 3 fully saturated rings. The van der Waals surface area contributed by atoms with Crippen LogP contribution in [-0.2, 0) is 16.0 Å². The minimum atomic E-state index is -3.06. The van der Waals surface area contributed by atoms with E-state index in [1.165, 1.54) is 11.0 Å². The second kappa shape index (κ2) is 12.4. The fraction of sp³-hybridized carbons (Fsp3) is 0.531. The molecule has 3 N–H and O–H groups in total. The van der Waals surface area contributed by atoms with E-state index in [9.17, 15) is 24.0 Å². The van der Waals surface area contributed by atoms with Crippen molar-refractivity contribution >= 4 is 22.8 Å². The Morgan fingerprint density at radius 3 is 2.40 bits per heavy atom. The molecular weight excluding hydrogens is 571 g/mol. The van der Waals surface area contributed by atoms with Crippen LogP contribution in [0, 0.1) is 23.1 Å². The van der Waals surface area contributed by atoms with Gasteiger partial charge in [-0.25, -0.2) is 13.5 Å². The first-order chi connectivity index (χ1) is 20.4. The molecule has 2 heterocycles. The summed E-state index contributed by atoms with van der Waals surface area (Å²) in [6.07, 6.45) is 4.76. The largest absolute Gasteiger partial charge is 0.444 e. The smallest absolute Gasteiger partial charge is 0.411 e. The maximum absolute atomic E-state index is 15.3. The van der Waals surface area contributed by atoms with Crippen LogP contribution in [0.2, 0.25) is 0 Å². The van der Waals surface area contributed by atoms with Crippen molar-refractivity contribution in [2.75, 3.05) is 13.1 Å². The summed E-state index contributed by atoms with van der Waals surface area (Å²) in [5.41, 5.74) is 0.905. The number of halogens is 1. The molecule has 4 unspecified atom stereocenters. The number of nitrogens with zero attached hydrogens (tertiary/aromatic N) is 3. The van der Waals surface area contributed by atoms with Crippen LogP contribution in [-0.4, -0.2) is 67.1 Å². The lowest BCUT2D eigenvalue weighted by Crippen LogP contribution is -2.55. The second-order valence-electron chi connectivity index (χ2n) is 12.8. The van der Waals surface area contributed by atoms with Crippen molar-refractivity contribution in [2.45, 2.75) is 94.3 Å². The molecule has 2 saturated heterocycles. The molecule has 1 aliphatic carbocycles. The molecule has 1 saturated carbocycles. The highest BCUT2D eigenvalue weighted by atomic mass is 32.3. The second-order valence-corrected chi connectivity index (χ2v) is 14.8. The maximum atomic E-state index is 15.3. The number of carbonyl (C=O) groups is 2. The highest BCUT2D eigenvalue weighted by Crippen LogP contribution is 2.52. The number of rotatable bonds is 7. The summed E-state index contributed by atoms with van der Waals surface area (Å²) in [4.78, 5) is 28.2. The van der Waals surface area contributed by atoms with Gasteiger partial charge in [-0.1, -0.05) is 30.7 Å². The third-order valence-corrected chi connectivity index (χ3v) is 10.6. The van der Waals surface area contributed by atoms with Gasteiger partial charge in [0.05, 0.1) is 11.0 Å². The van der Waals surface area contributed by atoms with Crippen molar-refractivity contribution in [1.82, 2.24) is 14.5 Å². The van der Waals surface area contributed by atoms with E-state index in [-0.39, 0.29) is 23.9 Å². The van der Waals surface area contributed by atoms with Gasteiger partial charge < -0.3 is 10.1 Å². The van der Waals surface area contributed by atoms with Crippen LogP contribution in [0.15, 0.2) is 47.4 Å². The molecule has 232 valence electrons. The van der Waals surface area contributed by atoms with Crippen LogP contribution in [0.25, 0.3) is 11.1 Å². The molecule has 5 rings (SSSR count). The van der Waals surface area contributed by atoms with E-state index in [0.29, 0.717) is 29.1 Å².